The van der Waals surface area contributed by atoms with Gasteiger partial charge in [-0.05, 0) is 26.0 Å². The molecule has 0 N–H and O–H groups in total. The number of aryl methyl sites for hydroxylation is 2. The zero-order valence-corrected chi connectivity index (χ0v) is 11.7. The molecular weight excluding hydrogens is 248 g/mol. The van der Waals surface area contributed by atoms with Crippen LogP contribution in [0.15, 0.2) is 17.5 Å². The second-order valence-electron chi connectivity index (χ2n) is 4.02. The average molecular weight is 264 g/mol. The van der Waals surface area contributed by atoms with Gasteiger partial charge in [-0.2, -0.15) is 0 Å². The molecule has 0 bridgehead atoms. The monoisotopic (exact) mass is 264 g/mol. The average Bonchev–Trinajstić information content (AvgIpc) is 2.79. The van der Waals surface area contributed by atoms with Crippen LogP contribution in [0, 0.1) is 13.8 Å². The lowest BCUT2D eigenvalue weighted by molar-refractivity contribution is -0.108. The fourth-order valence-corrected chi connectivity index (χ4v) is 2.63. The predicted octanol–water partition coefficient (Wildman–Crippen LogP) is 3.11. The van der Waals surface area contributed by atoms with E-state index in [0.717, 1.165) is 27.7 Å². The molecule has 0 spiro atoms. The SMILES string of the molecule is COC(OC)c1csc(-c2cc(C)nc(C)c2)n1. The third-order valence-corrected chi connectivity index (χ3v) is 3.43. The number of thiazole rings is 1. The minimum absolute atomic E-state index is 0.404. The quantitative estimate of drug-likeness (QED) is 0.796. The first kappa shape index (κ1) is 13.1. The molecule has 2 rings (SSSR count). The van der Waals surface area contributed by atoms with E-state index in [1.165, 1.54) is 0 Å². The van der Waals surface area contributed by atoms with Crippen molar-refractivity contribution in [3.63, 3.8) is 0 Å². The van der Waals surface area contributed by atoms with Gasteiger partial charge in [0.25, 0.3) is 0 Å². The van der Waals surface area contributed by atoms with Crippen molar-refractivity contribution in [3.05, 3.63) is 34.6 Å². The van der Waals surface area contributed by atoms with Crippen LogP contribution in [0.5, 0.6) is 0 Å². The van der Waals surface area contributed by atoms with Gasteiger partial charge in [0, 0.05) is 36.6 Å². The molecule has 0 saturated carbocycles. The van der Waals surface area contributed by atoms with E-state index < -0.39 is 6.29 Å². The lowest BCUT2D eigenvalue weighted by Gasteiger charge is -2.09. The van der Waals surface area contributed by atoms with Gasteiger partial charge in [0.1, 0.15) is 10.7 Å². The molecule has 2 aromatic heterocycles. The number of nitrogens with zero attached hydrogens (tertiary/aromatic N) is 2. The Balaban J connectivity index is 2.34. The first-order valence-electron chi connectivity index (χ1n) is 5.60. The van der Waals surface area contributed by atoms with E-state index >= 15 is 0 Å². The summed E-state index contributed by atoms with van der Waals surface area (Å²) in [6, 6.07) is 4.06. The first-order chi connectivity index (χ1) is 8.63. The fraction of sp³-hybridized carbons (Fsp3) is 0.385. The van der Waals surface area contributed by atoms with Crippen molar-refractivity contribution in [1.29, 1.82) is 0 Å². The van der Waals surface area contributed by atoms with Crippen molar-refractivity contribution in [2.24, 2.45) is 0 Å². The number of aromatic nitrogens is 2. The summed E-state index contributed by atoms with van der Waals surface area (Å²) in [5, 5.41) is 2.91. The maximum atomic E-state index is 5.19. The van der Waals surface area contributed by atoms with Crippen LogP contribution in [-0.2, 0) is 9.47 Å². The molecule has 2 heterocycles. The van der Waals surface area contributed by atoms with Gasteiger partial charge < -0.3 is 9.47 Å². The highest BCUT2D eigenvalue weighted by Gasteiger charge is 2.14. The molecule has 0 aromatic carbocycles. The molecule has 0 saturated heterocycles. The minimum Gasteiger partial charge on any atom is -0.350 e. The van der Waals surface area contributed by atoms with Gasteiger partial charge in [-0.3, -0.25) is 4.98 Å². The van der Waals surface area contributed by atoms with Crippen molar-refractivity contribution in [1.82, 2.24) is 9.97 Å². The second-order valence-corrected chi connectivity index (χ2v) is 4.88. The third kappa shape index (κ3) is 2.75. The number of pyridine rings is 1. The maximum absolute atomic E-state index is 5.19. The summed E-state index contributed by atoms with van der Waals surface area (Å²) in [5.41, 5.74) is 3.88. The summed E-state index contributed by atoms with van der Waals surface area (Å²) in [7, 11) is 3.21. The number of hydrogen-bond acceptors (Lipinski definition) is 5. The number of ether oxygens (including phenoxy) is 2. The Kier molecular flexibility index (Phi) is 4.06. The fourth-order valence-electron chi connectivity index (χ4n) is 1.82. The molecule has 18 heavy (non-hydrogen) atoms. The zero-order chi connectivity index (χ0) is 13.1. The van der Waals surface area contributed by atoms with Gasteiger partial charge in [0.05, 0.1) is 0 Å². The van der Waals surface area contributed by atoms with Crippen molar-refractivity contribution in [2.75, 3.05) is 14.2 Å². The molecule has 4 nitrogen and oxygen atoms in total. The van der Waals surface area contributed by atoms with Crippen molar-refractivity contribution in [2.45, 2.75) is 20.1 Å². The van der Waals surface area contributed by atoms with E-state index in [1.54, 1.807) is 25.6 Å². The smallest absolute Gasteiger partial charge is 0.201 e. The van der Waals surface area contributed by atoms with E-state index in [9.17, 15) is 0 Å². The molecular formula is C13H16N2O2S. The van der Waals surface area contributed by atoms with Gasteiger partial charge in [-0.25, -0.2) is 4.98 Å². The summed E-state index contributed by atoms with van der Waals surface area (Å²) in [6.45, 7) is 3.97. The number of methoxy groups -OCH3 is 2. The van der Waals surface area contributed by atoms with Crippen LogP contribution >= 0.6 is 11.3 Å². The van der Waals surface area contributed by atoms with Crippen molar-refractivity contribution < 1.29 is 9.47 Å². The Morgan fingerprint density at radius 1 is 1.06 bits per heavy atom. The molecule has 0 aliphatic carbocycles. The molecule has 0 radical (unpaired) electrons. The molecule has 96 valence electrons. The Bertz CT molecular complexity index is 515. The molecule has 0 aliphatic heterocycles. The highest BCUT2D eigenvalue weighted by molar-refractivity contribution is 7.13. The molecule has 0 amide bonds. The van der Waals surface area contributed by atoms with Crippen LogP contribution in [0.1, 0.15) is 23.4 Å². The second kappa shape index (κ2) is 5.56. The highest BCUT2D eigenvalue weighted by Crippen LogP contribution is 2.28. The zero-order valence-electron chi connectivity index (χ0n) is 10.9. The number of rotatable bonds is 4. The van der Waals surface area contributed by atoms with Gasteiger partial charge >= 0.3 is 0 Å². The van der Waals surface area contributed by atoms with Gasteiger partial charge in [-0.1, -0.05) is 0 Å². The van der Waals surface area contributed by atoms with Gasteiger partial charge in [0.15, 0.2) is 0 Å². The van der Waals surface area contributed by atoms with Crippen molar-refractivity contribution >= 4 is 11.3 Å². The van der Waals surface area contributed by atoms with E-state index in [0.29, 0.717) is 0 Å². The Morgan fingerprint density at radius 2 is 1.67 bits per heavy atom. The van der Waals surface area contributed by atoms with Crippen LogP contribution in [0.2, 0.25) is 0 Å². The summed E-state index contributed by atoms with van der Waals surface area (Å²) in [6.07, 6.45) is -0.404. The number of hydrogen-bond donors (Lipinski definition) is 0. The maximum Gasteiger partial charge on any atom is 0.201 e. The molecule has 2 aromatic rings. The van der Waals surface area contributed by atoms with Crippen LogP contribution < -0.4 is 0 Å². The Morgan fingerprint density at radius 3 is 2.22 bits per heavy atom. The van der Waals surface area contributed by atoms with E-state index in [-0.39, 0.29) is 0 Å². The van der Waals surface area contributed by atoms with Crippen LogP contribution in [0.4, 0.5) is 0 Å². The first-order valence-corrected chi connectivity index (χ1v) is 6.48. The summed E-state index contributed by atoms with van der Waals surface area (Å²) in [5.74, 6) is 0. The summed E-state index contributed by atoms with van der Waals surface area (Å²) >= 11 is 1.58. The van der Waals surface area contributed by atoms with E-state index in [1.807, 2.05) is 31.4 Å². The molecule has 0 atom stereocenters. The summed E-state index contributed by atoms with van der Waals surface area (Å²) in [4.78, 5) is 8.91. The topological polar surface area (TPSA) is 44.2 Å². The molecule has 0 fully saturated rings. The Hall–Kier alpha value is -1.30. The Labute approximate surface area is 111 Å². The largest absolute Gasteiger partial charge is 0.350 e. The van der Waals surface area contributed by atoms with Crippen LogP contribution in [-0.4, -0.2) is 24.2 Å². The van der Waals surface area contributed by atoms with E-state index in [2.05, 4.69) is 9.97 Å². The normalized spacial score (nSPS) is 11.2. The van der Waals surface area contributed by atoms with Gasteiger partial charge in [-0.15, -0.1) is 11.3 Å². The lowest BCUT2D eigenvalue weighted by atomic mass is 10.2. The molecule has 5 heteroatoms. The van der Waals surface area contributed by atoms with E-state index in [4.69, 9.17) is 9.47 Å². The van der Waals surface area contributed by atoms with Crippen LogP contribution in [0.3, 0.4) is 0 Å². The molecule has 0 aliphatic rings. The summed E-state index contributed by atoms with van der Waals surface area (Å²) < 4.78 is 10.4. The van der Waals surface area contributed by atoms with Crippen LogP contribution in [0.25, 0.3) is 10.6 Å². The predicted molar refractivity (Wildman–Crippen MR) is 71.6 cm³/mol. The standard InChI is InChI=1S/C13H16N2O2S/c1-8-5-10(6-9(2)14-8)12-15-11(7-18-12)13(16-3)17-4/h5-7,13H,1-4H3. The van der Waals surface area contributed by atoms with Crippen molar-refractivity contribution in [3.8, 4) is 10.6 Å². The van der Waals surface area contributed by atoms with Gasteiger partial charge in [0.2, 0.25) is 6.29 Å². The third-order valence-electron chi connectivity index (χ3n) is 2.52. The minimum atomic E-state index is -0.404. The molecule has 0 unspecified atom stereocenters. The highest BCUT2D eigenvalue weighted by atomic mass is 32.1. The lowest BCUT2D eigenvalue weighted by Crippen LogP contribution is -2.03.